The number of nitrogens with one attached hydrogen (secondary N) is 1. The lowest BCUT2D eigenvalue weighted by Gasteiger charge is -2.30. The summed E-state index contributed by atoms with van der Waals surface area (Å²) in [7, 11) is 1.56. The molecule has 0 fully saturated rings. The fourth-order valence-corrected chi connectivity index (χ4v) is 3.94. The highest BCUT2D eigenvalue weighted by atomic mass is 35.5. The van der Waals surface area contributed by atoms with Crippen molar-refractivity contribution in [2.75, 3.05) is 12.8 Å². The van der Waals surface area contributed by atoms with Crippen LogP contribution in [0.4, 0.5) is 4.39 Å². The summed E-state index contributed by atoms with van der Waals surface area (Å²) in [5, 5.41) is 3.33. The molecule has 0 bridgehead atoms. The SMILES string of the molecule is CCC(C(=O)NC)N(Cc1ccc(F)cc1)C(=O)CCCSc1ccc(Cl)cc1. The van der Waals surface area contributed by atoms with Crippen molar-refractivity contribution in [3.8, 4) is 0 Å². The Morgan fingerprint density at radius 1 is 1.14 bits per heavy atom. The van der Waals surface area contributed by atoms with E-state index in [9.17, 15) is 14.0 Å². The molecule has 1 atom stereocenters. The summed E-state index contributed by atoms with van der Waals surface area (Å²) in [6.07, 6.45) is 1.54. The molecule has 0 saturated carbocycles. The van der Waals surface area contributed by atoms with Gasteiger partial charge in [-0.25, -0.2) is 4.39 Å². The number of nitrogens with zero attached hydrogens (tertiary/aromatic N) is 1. The second-order valence-corrected chi connectivity index (χ2v) is 8.20. The highest BCUT2D eigenvalue weighted by molar-refractivity contribution is 7.99. The number of amides is 2. The molecule has 0 saturated heterocycles. The Kier molecular flexibility index (Phi) is 9.48. The Morgan fingerprint density at radius 3 is 2.38 bits per heavy atom. The second-order valence-electron chi connectivity index (χ2n) is 6.59. The number of rotatable bonds is 10. The first-order valence-corrected chi connectivity index (χ1v) is 10.9. The molecule has 2 rings (SSSR count). The van der Waals surface area contributed by atoms with Crippen LogP contribution in [0, 0.1) is 5.82 Å². The Bertz CT molecular complexity index is 799. The molecular weight excluding hydrogens is 411 g/mol. The smallest absolute Gasteiger partial charge is 0.242 e. The summed E-state index contributed by atoms with van der Waals surface area (Å²) in [5.74, 6) is 0.179. The summed E-state index contributed by atoms with van der Waals surface area (Å²) in [6, 6.07) is 13.0. The maximum absolute atomic E-state index is 13.2. The molecule has 0 spiro atoms. The largest absolute Gasteiger partial charge is 0.357 e. The van der Waals surface area contributed by atoms with Gasteiger partial charge < -0.3 is 10.2 Å². The van der Waals surface area contributed by atoms with Crippen molar-refractivity contribution in [3.63, 3.8) is 0 Å². The number of halogens is 2. The molecule has 29 heavy (non-hydrogen) atoms. The Labute approximate surface area is 180 Å². The molecule has 2 aromatic carbocycles. The lowest BCUT2D eigenvalue weighted by Crippen LogP contribution is -2.48. The van der Waals surface area contributed by atoms with Gasteiger partial charge in [-0.05, 0) is 60.6 Å². The first-order valence-electron chi connectivity index (χ1n) is 9.58. The summed E-state index contributed by atoms with van der Waals surface area (Å²) < 4.78 is 13.2. The average Bonchev–Trinajstić information content (AvgIpc) is 2.73. The van der Waals surface area contributed by atoms with E-state index in [0.29, 0.717) is 24.3 Å². The molecule has 4 nitrogen and oxygen atoms in total. The maximum Gasteiger partial charge on any atom is 0.242 e. The number of benzene rings is 2. The zero-order valence-corrected chi connectivity index (χ0v) is 18.2. The molecule has 156 valence electrons. The van der Waals surface area contributed by atoms with Gasteiger partial charge in [0.2, 0.25) is 11.8 Å². The third kappa shape index (κ3) is 7.37. The van der Waals surface area contributed by atoms with Crippen LogP contribution in [0.25, 0.3) is 0 Å². The van der Waals surface area contributed by atoms with Crippen molar-refractivity contribution in [1.82, 2.24) is 10.2 Å². The van der Waals surface area contributed by atoms with Crippen LogP contribution in [-0.4, -0.2) is 35.6 Å². The van der Waals surface area contributed by atoms with Crippen LogP contribution in [0.5, 0.6) is 0 Å². The quantitative estimate of drug-likeness (QED) is 0.425. The molecule has 0 aliphatic rings. The van der Waals surface area contributed by atoms with E-state index in [4.69, 9.17) is 11.6 Å². The van der Waals surface area contributed by atoms with E-state index in [2.05, 4.69) is 5.32 Å². The van der Waals surface area contributed by atoms with Crippen molar-refractivity contribution >= 4 is 35.2 Å². The monoisotopic (exact) mass is 436 g/mol. The molecular formula is C22H26ClFN2O2S. The Hall–Kier alpha value is -2.05. The predicted octanol–water partition coefficient (Wildman–Crippen LogP) is 4.90. The third-order valence-electron chi connectivity index (χ3n) is 4.52. The molecule has 0 aromatic heterocycles. The van der Waals surface area contributed by atoms with Gasteiger partial charge in [0.1, 0.15) is 11.9 Å². The van der Waals surface area contributed by atoms with E-state index < -0.39 is 6.04 Å². The normalized spacial score (nSPS) is 11.7. The molecule has 0 heterocycles. The van der Waals surface area contributed by atoms with Gasteiger partial charge in [0.05, 0.1) is 0 Å². The average molecular weight is 437 g/mol. The minimum Gasteiger partial charge on any atom is -0.357 e. The first-order chi connectivity index (χ1) is 13.9. The summed E-state index contributed by atoms with van der Waals surface area (Å²) >= 11 is 7.56. The number of likely N-dealkylation sites (N-methyl/N-ethyl adjacent to an activating group) is 1. The predicted molar refractivity (Wildman–Crippen MR) is 117 cm³/mol. The van der Waals surface area contributed by atoms with Crippen LogP contribution in [-0.2, 0) is 16.1 Å². The minimum absolute atomic E-state index is 0.0820. The first kappa shape index (κ1) is 23.2. The summed E-state index contributed by atoms with van der Waals surface area (Å²) in [6.45, 7) is 2.15. The van der Waals surface area contributed by atoms with Gasteiger partial charge in [0.25, 0.3) is 0 Å². The van der Waals surface area contributed by atoms with E-state index in [1.54, 1.807) is 35.8 Å². The molecule has 0 aliphatic heterocycles. The summed E-state index contributed by atoms with van der Waals surface area (Å²) in [4.78, 5) is 27.9. The van der Waals surface area contributed by atoms with Crippen molar-refractivity contribution in [3.05, 3.63) is 64.9 Å². The van der Waals surface area contributed by atoms with Crippen molar-refractivity contribution in [2.45, 2.75) is 43.7 Å². The lowest BCUT2D eigenvalue weighted by atomic mass is 10.1. The highest BCUT2D eigenvalue weighted by Gasteiger charge is 2.27. The van der Waals surface area contributed by atoms with Gasteiger partial charge >= 0.3 is 0 Å². The van der Waals surface area contributed by atoms with Crippen LogP contribution in [0.2, 0.25) is 5.02 Å². The molecule has 1 N–H and O–H groups in total. The zero-order valence-electron chi connectivity index (χ0n) is 16.7. The van der Waals surface area contributed by atoms with E-state index in [1.165, 1.54) is 12.1 Å². The Morgan fingerprint density at radius 2 is 1.79 bits per heavy atom. The van der Waals surface area contributed by atoms with Crippen molar-refractivity contribution < 1.29 is 14.0 Å². The standard InChI is InChI=1S/C22H26ClFN2O2S/c1-3-20(22(28)25-2)26(15-16-6-10-18(24)11-7-16)21(27)5-4-14-29-19-12-8-17(23)9-13-19/h6-13,20H,3-5,14-15H2,1-2H3,(H,25,28). The number of thioether (sulfide) groups is 1. The number of carbonyl (C=O) groups is 2. The molecule has 0 radical (unpaired) electrons. The third-order valence-corrected chi connectivity index (χ3v) is 5.87. The van der Waals surface area contributed by atoms with Crippen LogP contribution in [0.3, 0.4) is 0 Å². The fraction of sp³-hybridized carbons (Fsp3) is 0.364. The number of hydrogen-bond donors (Lipinski definition) is 1. The van der Waals surface area contributed by atoms with E-state index in [-0.39, 0.29) is 24.2 Å². The van der Waals surface area contributed by atoms with Crippen LogP contribution in [0.1, 0.15) is 31.7 Å². The zero-order chi connectivity index (χ0) is 21.2. The van der Waals surface area contributed by atoms with Crippen LogP contribution in [0.15, 0.2) is 53.4 Å². The van der Waals surface area contributed by atoms with Crippen molar-refractivity contribution in [2.24, 2.45) is 0 Å². The van der Waals surface area contributed by atoms with Crippen molar-refractivity contribution in [1.29, 1.82) is 0 Å². The van der Waals surface area contributed by atoms with Gasteiger partial charge in [0, 0.05) is 29.9 Å². The number of hydrogen-bond acceptors (Lipinski definition) is 3. The molecule has 2 aromatic rings. The topological polar surface area (TPSA) is 49.4 Å². The van der Waals surface area contributed by atoms with Gasteiger partial charge in [-0.2, -0.15) is 0 Å². The van der Waals surface area contributed by atoms with Gasteiger partial charge in [-0.1, -0.05) is 30.7 Å². The lowest BCUT2D eigenvalue weighted by molar-refractivity contribution is -0.141. The molecule has 7 heteroatoms. The maximum atomic E-state index is 13.2. The van der Waals surface area contributed by atoms with E-state index in [0.717, 1.165) is 16.2 Å². The van der Waals surface area contributed by atoms with Crippen LogP contribution >= 0.6 is 23.4 Å². The van der Waals surface area contributed by atoms with Gasteiger partial charge in [0.15, 0.2) is 0 Å². The van der Waals surface area contributed by atoms with E-state index >= 15 is 0 Å². The highest BCUT2D eigenvalue weighted by Crippen LogP contribution is 2.22. The number of carbonyl (C=O) groups excluding carboxylic acids is 2. The summed E-state index contributed by atoms with van der Waals surface area (Å²) in [5.41, 5.74) is 0.789. The fourth-order valence-electron chi connectivity index (χ4n) is 2.96. The molecule has 1 unspecified atom stereocenters. The molecule has 2 amide bonds. The minimum atomic E-state index is -0.554. The molecule has 0 aliphatic carbocycles. The van der Waals surface area contributed by atoms with E-state index in [1.807, 2.05) is 31.2 Å². The Balaban J connectivity index is 1.99. The van der Waals surface area contributed by atoms with Crippen LogP contribution < -0.4 is 5.32 Å². The second kappa shape index (κ2) is 11.8. The van der Waals surface area contributed by atoms with Gasteiger partial charge in [-0.3, -0.25) is 9.59 Å². The van der Waals surface area contributed by atoms with Gasteiger partial charge in [-0.15, -0.1) is 11.8 Å².